The third-order valence-corrected chi connectivity index (χ3v) is 4.85. The molecule has 0 atom stereocenters. The minimum Gasteiger partial charge on any atom is -0.356 e. The number of hydrogen-bond donors (Lipinski definition) is 2. The summed E-state index contributed by atoms with van der Waals surface area (Å²) in [7, 11) is 1.96. The van der Waals surface area contributed by atoms with Gasteiger partial charge in [-0.25, -0.2) is 4.99 Å². The van der Waals surface area contributed by atoms with E-state index in [1.807, 2.05) is 54.6 Å². The van der Waals surface area contributed by atoms with Crippen molar-refractivity contribution in [3.05, 3.63) is 46.5 Å². The lowest BCUT2D eigenvalue weighted by atomic mass is 10.2. The van der Waals surface area contributed by atoms with Gasteiger partial charge < -0.3 is 15.2 Å². The first-order valence-corrected chi connectivity index (χ1v) is 9.98. The SMILES string of the molecule is CSCCCNC(=NCc1ccccc1Cl)NCc1nnc(C)n1C.I. The molecule has 26 heavy (non-hydrogen) atoms. The molecule has 144 valence electrons. The third-order valence-electron chi connectivity index (χ3n) is 3.78. The standard InChI is InChI=1S/C17H25ClN6S.HI/c1-13-22-23-16(24(13)2)12-21-17(19-9-6-10-25-3)20-11-14-7-4-5-8-15(14)18;/h4-5,7-8H,6,9-12H2,1-3H3,(H2,19,20,21);1H. The molecule has 0 radical (unpaired) electrons. The fourth-order valence-electron chi connectivity index (χ4n) is 2.16. The highest BCUT2D eigenvalue weighted by Gasteiger charge is 2.06. The minimum atomic E-state index is 0. The van der Waals surface area contributed by atoms with E-state index >= 15 is 0 Å². The first-order chi connectivity index (χ1) is 12.1. The maximum Gasteiger partial charge on any atom is 0.191 e. The zero-order valence-corrected chi connectivity index (χ0v) is 19.2. The largest absolute Gasteiger partial charge is 0.356 e. The molecule has 0 unspecified atom stereocenters. The third kappa shape index (κ3) is 7.32. The lowest BCUT2D eigenvalue weighted by Crippen LogP contribution is -2.38. The van der Waals surface area contributed by atoms with Crippen molar-refractivity contribution in [3.8, 4) is 0 Å². The number of aryl methyl sites for hydroxylation is 1. The second-order valence-electron chi connectivity index (χ2n) is 5.61. The molecule has 0 bridgehead atoms. The Morgan fingerprint density at radius 1 is 1.27 bits per heavy atom. The van der Waals surface area contributed by atoms with Crippen molar-refractivity contribution in [3.63, 3.8) is 0 Å². The van der Waals surface area contributed by atoms with Gasteiger partial charge in [0.15, 0.2) is 11.8 Å². The zero-order valence-electron chi connectivity index (χ0n) is 15.3. The van der Waals surface area contributed by atoms with Crippen LogP contribution in [0.3, 0.4) is 0 Å². The fraction of sp³-hybridized carbons (Fsp3) is 0.471. The molecule has 0 aliphatic rings. The first-order valence-electron chi connectivity index (χ1n) is 8.21. The van der Waals surface area contributed by atoms with E-state index in [2.05, 4.69) is 32.1 Å². The minimum absolute atomic E-state index is 0. The van der Waals surface area contributed by atoms with Crippen LogP contribution in [0.15, 0.2) is 29.3 Å². The average molecular weight is 509 g/mol. The predicted molar refractivity (Wildman–Crippen MR) is 122 cm³/mol. The van der Waals surface area contributed by atoms with Crippen LogP contribution in [0.25, 0.3) is 0 Å². The Balaban J connectivity index is 0.00000338. The summed E-state index contributed by atoms with van der Waals surface area (Å²) in [4.78, 5) is 4.65. The number of guanidine groups is 1. The Hall–Kier alpha value is -1.000. The molecular formula is C17H26ClIN6S. The van der Waals surface area contributed by atoms with Crippen molar-refractivity contribution in [2.75, 3.05) is 18.6 Å². The highest BCUT2D eigenvalue weighted by atomic mass is 127. The summed E-state index contributed by atoms with van der Waals surface area (Å²) in [6, 6.07) is 7.76. The van der Waals surface area contributed by atoms with Gasteiger partial charge in [-0.3, -0.25) is 0 Å². The number of hydrogen-bond acceptors (Lipinski definition) is 4. The van der Waals surface area contributed by atoms with Crippen molar-refractivity contribution in [1.29, 1.82) is 0 Å². The summed E-state index contributed by atoms with van der Waals surface area (Å²) in [5.74, 6) is 3.63. The first kappa shape index (κ1) is 23.0. The summed E-state index contributed by atoms with van der Waals surface area (Å²) in [5, 5.41) is 15.7. The van der Waals surface area contributed by atoms with Crippen LogP contribution >= 0.6 is 47.3 Å². The van der Waals surface area contributed by atoms with Crippen LogP contribution < -0.4 is 10.6 Å². The fourth-order valence-corrected chi connectivity index (χ4v) is 2.78. The second-order valence-corrected chi connectivity index (χ2v) is 7.00. The van der Waals surface area contributed by atoms with Gasteiger partial charge in [-0.1, -0.05) is 29.8 Å². The van der Waals surface area contributed by atoms with Crippen molar-refractivity contribution < 1.29 is 0 Å². The molecule has 0 spiro atoms. The lowest BCUT2D eigenvalue weighted by molar-refractivity contribution is 0.711. The molecule has 2 rings (SSSR count). The molecule has 0 saturated heterocycles. The monoisotopic (exact) mass is 508 g/mol. The maximum absolute atomic E-state index is 6.22. The number of benzene rings is 1. The van der Waals surface area contributed by atoms with Gasteiger partial charge in [0, 0.05) is 18.6 Å². The van der Waals surface area contributed by atoms with Gasteiger partial charge in [0.1, 0.15) is 5.82 Å². The van der Waals surface area contributed by atoms with Crippen LogP contribution in [-0.4, -0.2) is 39.3 Å². The molecule has 1 aromatic heterocycles. The molecule has 6 nitrogen and oxygen atoms in total. The Bertz CT molecular complexity index is 706. The van der Waals surface area contributed by atoms with Gasteiger partial charge in [0.05, 0.1) is 13.1 Å². The van der Waals surface area contributed by atoms with E-state index in [1.54, 1.807) is 0 Å². The van der Waals surface area contributed by atoms with E-state index in [-0.39, 0.29) is 24.0 Å². The Kier molecular flexibility index (Phi) is 11.0. The number of halogens is 2. The van der Waals surface area contributed by atoms with Crippen LogP contribution in [0.4, 0.5) is 0 Å². The van der Waals surface area contributed by atoms with Gasteiger partial charge >= 0.3 is 0 Å². The van der Waals surface area contributed by atoms with E-state index in [9.17, 15) is 0 Å². The molecule has 9 heteroatoms. The summed E-state index contributed by atoms with van der Waals surface area (Å²) in [6.07, 6.45) is 3.19. The summed E-state index contributed by atoms with van der Waals surface area (Å²) >= 11 is 8.06. The highest BCUT2D eigenvalue weighted by Crippen LogP contribution is 2.15. The second kappa shape index (κ2) is 12.4. The zero-order chi connectivity index (χ0) is 18.1. The molecule has 2 aromatic rings. The van der Waals surface area contributed by atoms with Gasteiger partial charge in [-0.2, -0.15) is 11.8 Å². The van der Waals surface area contributed by atoms with Crippen LogP contribution in [-0.2, 0) is 20.1 Å². The van der Waals surface area contributed by atoms with E-state index in [4.69, 9.17) is 11.6 Å². The smallest absolute Gasteiger partial charge is 0.191 e. The molecule has 0 fully saturated rings. The summed E-state index contributed by atoms with van der Waals surface area (Å²) in [6.45, 7) is 3.89. The molecule has 0 aliphatic heterocycles. The molecule has 0 aliphatic carbocycles. The molecular weight excluding hydrogens is 483 g/mol. The average Bonchev–Trinajstić information content (AvgIpc) is 2.93. The van der Waals surface area contributed by atoms with E-state index in [0.29, 0.717) is 13.1 Å². The van der Waals surface area contributed by atoms with Crippen molar-refractivity contribution in [2.24, 2.45) is 12.0 Å². The van der Waals surface area contributed by atoms with Crippen LogP contribution in [0, 0.1) is 6.92 Å². The molecule has 1 aromatic carbocycles. The van der Waals surface area contributed by atoms with Crippen LogP contribution in [0.2, 0.25) is 5.02 Å². The van der Waals surface area contributed by atoms with Crippen molar-refractivity contribution in [1.82, 2.24) is 25.4 Å². The summed E-state index contributed by atoms with van der Waals surface area (Å²) < 4.78 is 1.96. The van der Waals surface area contributed by atoms with E-state index in [1.165, 1.54) is 0 Å². The highest BCUT2D eigenvalue weighted by molar-refractivity contribution is 14.0. The predicted octanol–water partition coefficient (Wildman–Crippen LogP) is 3.38. The topological polar surface area (TPSA) is 67.1 Å². The van der Waals surface area contributed by atoms with Gasteiger partial charge in [-0.15, -0.1) is 34.2 Å². The number of nitrogens with one attached hydrogen (secondary N) is 2. The number of aliphatic imine (C=N–C) groups is 1. The van der Waals surface area contributed by atoms with Gasteiger partial charge in [0.2, 0.25) is 0 Å². The summed E-state index contributed by atoms with van der Waals surface area (Å²) in [5.41, 5.74) is 1.00. The molecule has 1 heterocycles. The number of nitrogens with zero attached hydrogens (tertiary/aromatic N) is 4. The quantitative estimate of drug-likeness (QED) is 0.248. The van der Waals surface area contributed by atoms with Crippen LogP contribution in [0.1, 0.15) is 23.6 Å². The normalized spacial score (nSPS) is 11.2. The van der Waals surface area contributed by atoms with Crippen LogP contribution in [0.5, 0.6) is 0 Å². The number of aromatic nitrogens is 3. The van der Waals surface area contributed by atoms with Crippen molar-refractivity contribution >= 4 is 53.3 Å². The van der Waals surface area contributed by atoms with Gasteiger partial charge in [0.25, 0.3) is 0 Å². The number of rotatable bonds is 8. The van der Waals surface area contributed by atoms with E-state index in [0.717, 1.165) is 46.9 Å². The number of thioether (sulfide) groups is 1. The maximum atomic E-state index is 6.22. The Morgan fingerprint density at radius 2 is 2.04 bits per heavy atom. The molecule has 2 N–H and O–H groups in total. The van der Waals surface area contributed by atoms with E-state index < -0.39 is 0 Å². The Morgan fingerprint density at radius 3 is 2.69 bits per heavy atom. The molecule has 0 amide bonds. The Labute approximate surface area is 181 Å². The van der Waals surface area contributed by atoms with Crippen molar-refractivity contribution in [2.45, 2.75) is 26.4 Å². The molecule has 0 saturated carbocycles. The lowest BCUT2D eigenvalue weighted by Gasteiger charge is -2.12. The van der Waals surface area contributed by atoms with Gasteiger partial charge in [-0.05, 0) is 37.0 Å².